The molecule has 13 nitrogen and oxygen atoms in total. The van der Waals surface area contributed by atoms with Crippen LogP contribution in [0, 0.1) is 6.92 Å². The van der Waals surface area contributed by atoms with Crippen molar-refractivity contribution in [2.45, 2.75) is 78.6 Å². The smallest absolute Gasteiger partial charge is 0.253 e. The molecule has 7 rings (SSSR count). The van der Waals surface area contributed by atoms with E-state index in [1.807, 2.05) is 48.1 Å². The number of aromatic amines is 1. The molecule has 5 aromatic rings. The van der Waals surface area contributed by atoms with Gasteiger partial charge in [0.2, 0.25) is 11.8 Å². The van der Waals surface area contributed by atoms with Crippen LogP contribution in [0.15, 0.2) is 71.8 Å². The average molecular weight is 744 g/mol. The number of aryl methyl sites for hydroxylation is 2. The van der Waals surface area contributed by atoms with E-state index < -0.39 is 6.04 Å². The van der Waals surface area contributed by atoms with Gasteiger partial charge in [0.05, 0.1) is 17.3 Å². The normalized spacial score (nSPS) is 16.5. The Balaban J connectivity index is 1.01. The number of hydrogen-bond donors (Lipinski definition) is 4. The van der Waals surface area contributed by atoms with Gasteiger partial charge in [-0.25, -0.2) is 4.98 Å². The molecule has 4 N–H and O–H groups in total. The Morgan fingerprint density at radius 3 is 2.44 bits per heavy atom. The first-order valence-electron chi connectivity index (χ1n) is 19.2. The number of benzene rings is 2. The van der Waals surface area contributed by atoms with Crippen LogP contribution in [-0.4, -0.2) is 74.6 Å². The van der Waals surface area contributed by atoms with Crippen LogP contribution in [0.2, 0.25) is 0 Å². The summed E-state index contributed by atoms with van der Waals surface area (Å²) in [6.07, 6.45) is 6.11. The molecular weight excluding hydrogens is 695 g/mol. The van der Waals surface area contributed by atoms with Crippen molar-refractivity contribution in [3.63, 3.8) is 0 Å². The van der Waals surface area contributed by atoms with Crippen molar-refractivity contribution < 1.29 is 14.4 Å². The first-order valence-corrected chi connectivity index (χ1v) is 19.2. The number of hydrogen-bond acceptors (Lipinski definition) is 9. The lowest BCUT2D eigenvalue weighted by Crippen LogP contribution is -2.47. The van der Waals surface area contributed by atoms with E-state index in [2.05, 4.69) is 80.9 Å². The fraction of sp³-hybridized carbons (Fsp3) is 0.381. The number of piperidine rings is 1. The quantitative estimate of drug-likeness (QED) is 0.128. The first-order chi connectivity index (χ1) is 26.6. The highest BCUT2D eigenvalue weighted by atomic mass is 16.2. The molecule has 2 aliphatic heterocycles. The lowest BCUT2D eigenvalue weighted by Gasteiger charge is -2.35. The summed E-state index contributed by atoms with van der Waals surface area (Å²) < 4.78 is 1.92. The van der Waals surface area contributed by atoms with Crippen LogP contribution >= 0.6 is 0 Å². The Kier molecular flexibility index (Phi) is 11.1. The van der Waals surface area contributed by atoms with Crippen molar-refractivity contribution in [1.29, 1.82) is 0 Å². The number of anilines is 2. The fourth-order valence-corrected chi connectivity index (χ4v) is 7.52. The molecule has 55 heavy (non-hydrogen) atoms. The highest BCUT2D eigenvalue weighted by Crippen LogP contribution is 2.30. The molecule has 2 aromatic carbocycles. The van der Waals surface area contributed by atoms with Gasteiger partial charge in [-0.1, -0.05) is 25.5 Å². The van der Waals surface area contributed by atoms with Gasteiger partial charge >= 0.3 is 0 Å². The number of rotatable bonds is 12. The second kappa shape index (κ2) is 16.3. The maximum atomic E-state index is 13.8. The van der Waals surface area contributed by atoms with Gasteiger partial charge < -0.3 is 20.5 Å². The SMILES string of the molecule is CCCc1cc(C)[nH]c(=O)c1CNC(=O)c1cc(-c2ccc(N3CCN(Cc4ccc(NC5CCC(=O)NC5=O)cc4)CC3)nc2)cc2c1cnn2C(C)C. The van der Waals surface area contributed by atoms with Crippen molar-refractivity contribution >= 4 is 40.1 Å². The third-order valence-corrected chi connectivity index (χ3v) is 10.5. The lowest BCUT2D eigenvalue weighted by molar-refractivity contribution is -0.133. The Morgan fingerprint density at radius 2 is 1.75 bits per heavy atom. The number of piperazine rings is 1. The molecule has 1 unspecified atom stereocenters. The zero-order valence-corrected chi connectivity index (χ0v) is 31.9. The minimum absolute atomic E-state index is 0.0897. The molecule has 3 aromatic heterocycles. The Labute approximate surface area is 320 Å². The predicted octanol–water partition coefficient (Wildman–Crippen LogP) is 5.10. The van der Waals surface area contributed by atoms with Crippen LogP contribution in [0.25, 0.3) is 22.0 Å². The second-order valence-corrected chi connectivity index (χ2v) is 14.9. The summed E-state index contributed by atoms with van der Waals surface area (Å²) in [4.78, 5) is 62.7. The van der Waals surface area contributed by atoms with Crippen LogP contribution in [-0.2, 0) is 29.1 Å². The fourth-order valence-electron chi connectivity index (χ4n) is 7.52. The Bertz CT molecular complexity index is 2250. The molecule has 2 aliphatic rings. The van der Waals surface area contributed by atoms with Gasteiger partial charge in [0.1, 0.15) is 11.9 Å². The number of carbonyl (C=O) groups excluding carboxylic acids is 3. The predicted molar refractivity (Wildman–Crippen MR) is 214 cm³/mol. The maximum Gasteiger partial charge on any atom is 0.253 e. The number of nitrogens with zero attached hydrogens (tertiary/aromatic N) is 5. The topological polar surface area (TPSA) is 157 Å². The van der Waals surface area contributed by atoms with Crippen molar-refractivity contribution in [2.24, 2.45) is 0 Å². The van der Waals surface area contributed by atoms with Gasteiger partial charge in [0.25, 0.3) is 11.5 Å². The third-order valence-electron chi connectivity index (χ3n) is 10.5. The molecule has 0 saturated carbocycles. The molecule has 2 fully saturated rings. The molecular formula is C42H49N9O4. The van der Waals surface area contributed by atoms with Gasteiger partial charge in [-0.05, 0) is 92.8 Å². The molecule has 0 aliphatic carbocycles. The first kappa shape index (κ1) is 37.5. The molecule has 0 spiro atoms. The Hall–Kier alpha value is -5.82. The molecule has 5 heterocycles. The summed E-state index contributed by atoms with van der Waals surface area (Å²) in [7, 11) is 0. The zero-order chi connectivity index (χ0) is 38.6. The average Bonchev–Trinajstić information content (AvgIpc) is 3.61. The number of fused-ring (bicyclic) bond motifs is 1. The number of nitrogens with one attached hydrogen (secondary N) is 4. The van der Waals surface area contributed by atoms with Gasteiger partial charge in [0.15, 0.2) is 0 Å². The largest absolute Gasteiger partial charge is 0.374 e. The van der Waals surface area contributed by atoms with E-state index in [4.69, 9.17) is 4.98 Å². The van der Waals surface area contributed by atoms with Gasteiger partial charge in [0, 0.05) is 85.8 Å². The molecule has 2 saturated heterocycles. The molecule has 0 radical (unpaired) electrons. The number of H-pyrrole nitrogens is 1. The minimum Gasteiger partial charge on any atom is -0.374 e. The summed E-state index contributed by atoms with van der Waals surface area (Å²) >= 11 is 0. The van der Waals surface area contributed by atoms with Crippen molar-refractivity contribution in [2.75, 3.05) is 36.4 Å². The van der Waals surface area contributed by atoms with Gasteiger partial charge in [-0.15, -0.1) is 0 Å². The number of carbonyl (C=O) groups is 3. The van der Waals surface area contributed by atoms with Crippen molar-refractivity contribution in [3.8, 4) is 11.1 Å². The minimum atomic E-state index is -0.399. The summed E-state index contributed by atoms with van der Waals surface area (Å²) in [5.41, 5.74) is 7.35. The monoisotopic (exact) mass is 743 g/mol. The van der Waals surface area contributed by atoms with Crippen LogP contribution in [0.1, 0.15) is 78.8 Å². The highest BCUT2D eigenvalue weighted by molar-refractivity contribution is 6.08. The second-order valence-electron chi connectivity index (χ2n) is 14.9. The molecule has 1 atom stereocenters. The summed E-state index contributed by atoms with van der Waals surface area (Å²) in [6.45, 7) is 12.5. The number of aromatic nitrogens is 4. The summed E-state index contributed by atoms with van der Waals surface area (Å²) in [5.74, 6) is 0.150. The number of amides is 3. The third kappa shape index (κ3) is 8.46. The Morgan fingerprint density at radius 1 is 0.964 bits per heavy atom. The van der Waals surface area contributed by atoms with Gasteiger partial charge in [-0.2, -0.15) is 5.10 Å². The van der Waals surface area contributed by atoms with E-state index in [0.717, 1.165) is 90.4 Å². The van der Waals surface area contributed by atoms with E-state index in [0.29, 0.717) is 24.0 Å². The van der Waals surface area contributed by atoms with Crippen LogP contribution in [0.4, 0.5) is 11.5 Å². The van der Waals surface area contributed by atoms with Crippen molar-refractivity contribution in [1.82, 2.24) is 35.3 Å². The van der Waals surface area contributed by atoms with E-state index in [-0.39, 0.29) is 35.9 Å². The standard InChI is InChI=1S/C42H49N9O4/c1-5-6-29-19-27(4)46-41(54)34(29)23-44-40(53)33-20-31(21-37-35(33)24-45-51(37)26(2)3)30-9-13-38(43-22-30)50-17-15-49(16-18-50)25-28-7-10-32(11-8-28)47-36-12-14-39(52)48-42(36)55/h7-11,13,19-22,24,26,36,47H,5-6,12,14-18,23,25H2,1-4H3,(H,44,53)(H,46,54)(H,48,52,55). The molecule has 0 bridgehead atoms. The zero-order valence-electron chi connectivity index (χ0n) is 31.9. The number of imide groups is 1. The van der Waals surface area contributed by atoms with Crippen LogP contribution < -0.4 is 26.4 Å². The number of pyridine rings is 2. The van der Waals surface area contributed by atoms with E-state index in [9.17, 15) is 19.2 Å². The summed E-state index contributed by atoms with van der Waals surface area (Å²) in [6, 6.07) is 17.9. The molecule has 13 heteroatoms. The van der Waals surface area contributed by atoms with Crippen LogP contribution in [0.3, 0.4) is 0 Å². The van der Waals surface area contributed by atoms with Crippen LogP contribution in [0.5, 0.6) is 0 Å². The lowest BCUT2D eigenvalue weighted by atomic mass is 10.00. The van der Waals surface area contributed by atoms with Crippen molar-refractivity contribution in [3.05, 3.63) is 105 Å². The molecule has 3 amide bonds. The highest BCUT2D eigenvalue weighted by Gasteiger charge is 2.26. The van der Waals surface area contributed by atoms with E-state index in [1.165, 1.54) is 5.56 Å². The maximum absolute atomic E-state index is 13.8. The van der Waals surface area contributed by atoms with E-state index >= 15 is 0 Å². The van der Waals surface area contributed by atoms with Gasteiger partial charge in [-0.3, -0.25) is 34.1 Å². The summed E-state index contributed by atoms with van der Waals surface area (Å²) in [5, 5.41) is 14.0. The molecule has 286 valence electrons. The van der Waals surface area contributed by atoms with E-state index in [1.54, 1.807) is 6.20 Å².